The monoisotopic (exact) mass is 265 g/mol. The molecular formula is C15H15N5. The van der Waals surface area contributed by atoms with Gasteiger partial charge in [-0.15, -0.1) is 0 Å². The molecule has 0 unspecified atom stereocenters. The van der Waals surface area contributed by atoms with Gasteiger partial charge < -0.3 is 15.6 Å². The van der Waals surface area contributed by atoms with E-state index in [0.717, 1.165) is 35.5 Å². The molecule has 3 aromatic rings. The number of nitrogens with zero attached hydrogens (tertiary/aromatic N) is 3. The zero-order valence-electron chi connectivity index (χ0n) is 11.0. The largest absolute Gasteiger partial charge is 0.368 e. The van der Waals surface area contributed by atoms with E-state index >= 15 is 0 Å². The number of H-pyrrole nitrogens is 1. The van der Waals surface area contributed by atoms with Crippen LogP contribution >= 0.6 is 0 Å². The van der Waals surface area contributed by atoms with Crippen LogP contribution in [0.3, 0.4) is 0 Å². The van der Waals surface area contributed by atoms with Gasteiger partial charge in [0.15, 0.2) is 5.65 Å². The maximum Gasteiger partial charge on any atom is 0.156 e. The molecule has 3 N–H and O–H groups in total. The fourth-order valence-electron chi connectivity index (χ4n) is 2.55. The SMILES string of the molecule is NC1CN(c2cccc(-c3cnc4[nH]ccc4n3)c2)C1. The van der Waals surface area contributed by atoms with Crippen LogP contribution in [0.4, 0.5) is 5.69 Å². The van der Waals surface area contributed by atoms with E-state index in [1.54, 1.807) is 6.20 Å². The Bertz CT molecular complexity index is 758. The molecule has 0 spiro atoms. The molecule has 100 valence electrons. The lowest BCUT2D eigenvalue weighted by Gasteiger charge is -2.39. The van der Waals surface area contributed by atoms with E-state index in [1.807, 2.05) is 12.3 Å². The third-order valence-electron chi connectivity index (χ3n) is 3.68. The average Bonchev–Trinajstić information content (AvgIpc) is 2.91. The van der Waals surface area contributed by atoms with Crippen molar-refractivity contribution in [3.05, 3.63) is 42.7 Å². The second-order valence-electron chi connectivity index (χ2n) is 5.18. The molecule has 1 saturated heterocycles. The summed E-state index contributed by atoms with van der Waals surface area (Å²) in [5, 5.41) is 0. The first-order chi connectivity index (χ1) is 9.79. The summed E-state index contributed by atoms with van der Waals surface area (Å²) in [5.74, 6) is 0. The van der Waals surface area contributed by atoms with E-state index in [9.17, 15) is 0 Å². The van der Waals surface area contributed by atoms with E-state index < -0.39 is 0 Å². The summed E-state index contributed by atoms with van der Waals surface area (Å²) in [6.07, 6.45) is 3.66. The highest BCUT2D eigenvalue weighted by Crippen LogP contribution is 2.26. The van der Waals surface area contributed by atoms with Crippen LogP contribution in [0.5, 0.6) is 0 Å². The molecule has 3 heterocycles. The Balaban J connectivity index is 1.72. The molecule has 0 amide bonds. The number of nitrogens with two attached hydrogens (primary N) is 1. The number of hydrogen-bond acceptors (Lipinski definition) is 4. The van der Waals surface area contributed by atoms with Crippen molar-refractivity contribution in [3.63, 3.8) is 0 Å². The molecule has 0 saturated carbocycles. The van der Waals surface area contributed by atoms with Gasteiger partial charge in [-0.1, -0.05) is 12.1 Å². The van der Waals surface area contributed by atoms with Crippen molar-refractivity contribution in [2.24, 2.45) is 5.73 Å². The van der Waals surface area contributed by atoms with Crippen LogP contribution in [0.25, 0.3) is 22.4 Å². The van der Waals surface area contributed by atoms with Gasteiger partial charge in [0.25, 0.3) is 0 Å². The number of hydrogen-bond donors (Lipinski definition) is 2. The lowest BCUT2D eigenvalue weighted by molar-refractivity contribution is 0.519. The van der Waals surface area contributed by atoms with Gasteiger partial charge in [-0.2, -0.15) is 0 Å². The molecule has 4 rings (SSSR count). The maximum atomic E-state index is 5.84. The number of aromatic nitrogens is 3. The first-order valence-corrected chi connectivity index (χ1v) is 6.71. The molecule has 0 atom stereocenters. The molecule has 0 radical (unpaired) electrons. The van der Waals surface area contributed by atoms with Gasteiger partial charge in [0.1, 0.15) is 5.52 Å². The molecule has 20 heavy (non-hydrogen) atoms. The zero-order chi connectivity index (χ0) is 13.5. The predicted octanol–water partition coefficient (Wildman–Crippen LogP) is 1.77. The van der Waals surface area contributed by atoms with Gasteiger partial charge in [-0.25, -0.2) is 9.97 Å². The minimum absolute atomic E-state index is 0.301. The van der Waals surface area contributed by atoms with Crippen molar-refractivity contribution in [1.82, 2.24) is 15.0 Å². The van der Waals surface area contributed by atoms with E-state index in [0.29, 0.717) is 6.04 Å². The summed E-state index contributed by atoms with van der Waals surface area (Å²) < 4.78 is 0. The predicted molar refractivity (Wildman–Crippen MR) is 79.5 cm³/mol. The summed E-state index contributed by atoms with van der Waals surface area (Å²) in [5.41, 5.74) is 10.7. The van der Waals surface area contributed by atoms with E-state index in [2.05, 4.69) is 44.1 Å². The van der Waals surface area contributed by atoms with Crippen molar-refractivity contribution < 1.29 is 0 Å². The summed E-state index contributed by atoms with van der Waals surface area (Å²) >= 11 is 0. The van der Waals surface area contributed by atoms with Crippen molar-refractivity contribution in [1.29, 1.82) is 0 Å². The van der Waals surface area contributed by atoms with Crippen LogP contribution < -0.4 is 10.6 Å². The molecular weight excluding hydrogens is 250 g/mol. The van der Waals surface area contributed by atoms with Crippen molar-refractivity contribution in [2.45, 2.75) is 6.04 Å². The van der Waals surface area contributed by atoms with E-state index in [4.69, 9.17) is 5.73 Å². The quantitative estimate of drug-likeness (QED) is 0.741. The van der Waals surface area contributed by atoms with E-state index in [1.165, 1.54) is 5.69 Å². The molecule has 1 aliphatic heterocycles. The molecule has 0 bridgehead atoms. The van der Waals surface area contributed by atoms with Gasteiger partial charge >= 0.3 is 0 Å². The smallest absolute Gasteiger partial charge is 0.156 e. The number of nitrogens with one attached hydrogen (secondary N) is 1. The molecule has 1 aliphatic rings. The van der Waals surface area contributed by atoms with E-state index in [-0.39, 0.29) is 0 Å². The molecule has 2 aromatic heterocycles. The highest BCUT2D eigenvalue weighted by Gasteiger charge is 2.23. The summed E-state index contributed by atoms with van der Waals surface area (Å²) in [6, 6.07) is 10.6. The Kier molecular flexibility index (Phi) is 2.47. The molecule has 5 heteroatoms. The Morgan fingerprint density at radius 2 is 2.15 bits per heavy atom. The zero-order valence-corrected chi connectivity index (χ0v) is 11.0. The molecule has 1 fully saturated rings. The van der Waals surface area contributed by atoms with Gasteiger partial charge in [0.05, 0.1) is 11.9 Å². The third kappa shape index (κ3) is 1.83. The average molecular weight is 265 g/mol. The summed E-state index contributed by atoms with van der Waals surface area (Å²) in [7, 11) is 0. The fraction of sp³-hybridized carbons (Fsp3) is 0.200. The Labute approximate surface area is 116 Å². The van der Waals surface area contributed by atoms with Crippen LogP contribution in [-0.2, 0) is 0 Å². The second kappa shape index (κ2) is 4.31. The van der Waals surface area contributed by atoms with Gasteiger partial charge in [-0.3, -0.25) is 0 Å². The normalized spacial score (nSPS) is 15.6. The Morgan fingerprint density at radius 3 is 3.00 bits per heavy atom. The number of fused-ring (bicyclic) bond motifs is 1. The van der Waals surface area contributed by atoms with Gasteiger partial charge in [0.2, 0.25) is 0 Å². The number of anilines is 1. The van der Waals surface area contributed by atoms with Crippen molar-refractivity contribution in [3.8, 4) is 11.3 Å². The number of aromatic amines is 1. The Morgan fingerprint density at radius 1 is 1.25 bits per heavy atom. The minimum atomic E-state index is 0.301. The highest BCUT2D eigenvalue weighted by molar-refractivity contribution is 5.75. The standard InChI is InChI=1S/C15H15N5/c16-11-8-20(9-11)12-3-1-2-10(6-12)14-7-18-15-13(19-14)4-5-17-15/h1-7,11H,8-9,16H2,(H,17,18). The van der Waals surface area contributed by atoms with Crippen molar-refractivity contribution in [2.75, 3.05) is 18.0 Å². The van der Waals surface area contributed by atoms with Crippen LogP contribution in [-0.4, -0.2) is 34.1 Å². The highest BCUT2D eigenvalue weighted by atomic mass is 15.2. The van der Waals surface area contributed by atoms with Crippen molar-refractivity contribution >= 4 is 16.9 Å². The first kappa shape index (κ1) is 11.4. The molecule has 0 aliphatic carbocycles. The van der Waals surface area contributed by atoms with Crippen LogP contribution in [0.2, 0.25) is 0 Å². The summed E-state index contributed by atoms with van der Waals surface area (Å²) in [6.45, 7) is 1.85. The van der Waals surface area contributed by atoms with Crippen LogP contribution in [0, 0.1) is 0 Å². The molecule has 1 aromatic carbocycles. The van der Waals surface area contributed by atoms with Crippen LogP contribution in [0.15, 0.2) is 42.7 Å². The third-order valence-corrected chi connectivity index (χ3v) is 3.68. The lowest BCUT2D eigenvalue weighted by Crippen LogP contribution is -2.55. The topological polar surface area (TPSA) is 70.8 Å². The maximum absolute atomic E-state index is 5.84. The van der Waals surface area contributed by atoms with Gasteiger partial charge in [-0.05, 0) is 18.2 Å². The minimum Gasteiger partial charge on any atom is -0.368 e. The fourth-order valence-corrected chi connectivity index (χ4v) is 2.55. The Hall–Kier alpha value is -2.40. The second-order valence-corrected chi connectivity index (χ2v) is 5.18. The summed E-state index contributed by atoms with van der Waals surface area (Å²) in [4.78, 5) is 14.3. The molecule has 5 nitrogen and oxygen atoms in total. The first-order valence-electron chi connectivity index (χ1n) is 6.71. The lowest BCUT2D eigenvalue weighted by atomic mass is 10.1. The number of rotatable bonds is 2. The van der Waals surface area contributed by atoms with Crippen LogP contribution in [0.1, 0.15) is 0 Å². The number of benzene rings is 1. The van der Waals surface area contributed by atoms with Gasteiger partial charge in [0, 0.05) is 36.6 Å².